The van der Waals surface area contributed by atoms with Gasteiger partial charge in [0.15, 0.2) is 6.61 Å². The van der Waals surface area contributed by atoms with Crippen LogP contribution < -0.4 is 0 Å². The van der Waals surface area contributed by atoms with Crippen LogP contribution >= 0.6 is 0 Å². The summed E-state index contributed by atoms with van der Waals surface area (Å²) in [6, 6.07) is 0. The lowest BCUT2D eigenvalue weighted by Crippen LogP contribution is -2.57. The second-order valence-electron chi connectivity index (χ2n) is 8.43. The van der Waals surface area contributed by atoms with Crippen LogP contribution in [0.15, 0.2) is 0 Å². The molecule has 202 valence electrons. The maximum atomic E-state index is 13.8. The van der Waals surface area contributed by atoms with Gasteiger partial charge in [-0.05, 0) is 25.7 Å². The van der Waals surface area contributed by atoms with Gasteiger partial charge in [0.1, 0.15) is 0 Å². The fourth-order valence-electron chi connectivity index (χ4n) is 2.28. The number of ether oxygens (including phenoxy) is 2. The van der Waals surface area contributed by atoms with Gasteiger partial charge in [-0.15, -0.1) is 0 Å². The van der Waals surface area contributed by atoms with Crippen molar-refractivity contribution in [2.24, 2.45) is 11.3 Å². The topological polar surface area (TPSA) is 52.6 Å². The van der Waals surface area contributed by atoms with Crippen LogP contribution in [0.3, 0.4) is 0 Å². The van der Waals surface area contributed by atoms with E-state index in [1.807, 2.05) is 13.8 Å². The second-order valence-corrected chi connectivity index (χ2v) is 8.43. The summed E-state index contributed by atoms with van der Waals surface area (Å²) in [4.78, 5) is 24.0. The normalized spacial score (nSPS) is 15.8. The highest BCUT2D eigenvalue weighted by molar-refractivity contribution is 5.83. The van der Waals surface area contributed by atoms with Crippen molar-refractivity contribution in [3.05, 3.63) is 0 Å². The van der Waals surface area contributed by atoms with Crippen molar-refractivity contribution in [1.82, 2.24) is 0 Å². The van der Waals surface area contributed by atoms with Gasteiger partial charge < -0.3 is 9.47 Å². The number of carbonyl (C=O) groups is 2. The Kier molecular flexibility index (Phi) is 10.3. The first-order chi connectivity index (χ1) is 15.0. The highest BCUT2D eigenvalue weighted by Gasteiger charge is 2.76. The third-order valence-corrected chi connectivity index (χ3v) is 4.94. The summed E-state index contributed by atoms with van der Waals surface area (Å²) < 4.78 is 152. The number of halogens is 11. The Hall–Kier alpha value is -1.83. The van der Waals surface area contributed by atoms with Crippen LogP contribution in [0.4, 0.5) is 48.3 Å². The molecule has 0 aliphatic heterocycles. The number of hydrogen-bond acceptors (Lipinski definition) is 4. The zero-order valence-corrected chi connectivity index (χ0v) is 18.6. The molecule has 0 saturated carbocycles. The molecule has 1 unspecified atom stereocenters. The highest BCUT2D eigenvalue weighted by atomic mass is 19.4. The zero-order valence-electron chi connectivity index (χ0n) is 18.6. The number of hydrogen-bond donors (Lipinski definition) is 0. The predicted molar refractivity (Wildman–Crippen MR) is 94.8 cm³/mol. The quantitative estimate of drug-likeness (QED) is 0.205. The van der Waals surface area contributed by atoms with Gasteiger partial charge in [0.25, 0.3) is 0 Å². The molecule has 34 heavy (non-hydrogen) atoms. The van der Waals surface area contributed by atoms with Crippen molar-refractivity contribution >= 4 is 11.9 Å². The summed E-state index contributed by atoms with van der Waals surface area (Å²) in [5, 5.41) is 0. The molecule has 0 N–H and O–H groups in total. The minimum absolute atomic E-state index is 0.0353. The standard InChI is InChI=1S/C19H25F11O4/c1-5-14(4,8-12(31)33-7-6-11(2)3)13(32)34-10-17(24,25)15(20,21)9-16(22,23)18(26,27)19(28,29)30/h11H,5-10H2,1-4H3. The van der Waals surface area contributed by atoms with Crippen molar-refractivity contribution in [3.63, 3.8) is 0 Å². The maximum absolute atomic E-state index is 13.8. The molecule has 0 saturated heterocycles. The lowest BCUT2D eigenvalue weighted by molar-refractivity contribution is -0.371. The number of rotatable bonds is 13. The Morgan fingerprint density at radius 2 is 1.29 bits per heavy atom. The van der Waals surface area contributed by atoms with E-state index in [1.54, 1.807) is 0 Å². The van der Waals surface area contributed by atoms with Crippen LogP contribution in [0.25, 0.3) is 0 Å². The van der Waals surface area contributed by atoms with E-state index in [4.69, 9.17) is 4.74 Å². The van der Waals surface area contributed by atoms with Crippen molar-refractivity contribution in [3.8, 4) is 0 Å². The fraction of sp³-hybridized carbons (Fsp3) is 0.895. The third kappa shape index (κ3) is 7.85. The van der Waals surface area contributed by atoms with Crippen LogP contribution in [0, 0.1) is 11.3 Å². The minimum Gasteiger partial charge on any atom is -0.466 e. The van der Waals surface area contributed by atoms with Gasteiger partial charge in [-0.3, -0.25) is 9.59 Å². The molecule has 0 aromatic heterocycles. The molecule has 1 atom stereocenters. The van der Waals surface area contributed by atoms with Crippen LogP contribution in [-0.2, 0) is 19.1 Å². The molecule has 15 heteroatoms. The van der Waals surface area contributed by atoms with Gasteiger partial charge in [0.2, 0.25) is 0 Å². The van der Waals surface area contributed by atoms with Crippen LogP contribution in [0.2, 0.25) is 0 Å². The van der Waals surface area contributed by atoms with Crippen molar-refractivity contribution in [2.75, 3.05) is 13.2 Å². The van der Waals surface area contributed by atoms with E-state index < -0.39 is 66.7 Å². The molecule has 0 fully saturated rings. The van der Waals surface area contributed by atoms with Crippen molar-refractivity contribution in [2.45, 2.75) is 83.2 Å². The lowest BCUT2D eigenvalue weighted by atomic mass is 9.84. The van der Waals surface area contributed by atoms with E-state index in [9.17, 15) is 57.9 Å². The molecule has 0 spiro atoms. The van der Waals surface area contributed by atoms with Gasteiger partial charge >= 0.3 is 41.8 Å². The Morgan fingerprint density at radius 3 is 1.71 bits per heavy atom. The van der Waals surface area contributed by atoms with E-state index in [1.165, 1.54) is 6.92 Å². The van der Waals surface area contributed by atoms with Crippen molar-refractivity contribution in [1.29, 1.82) is 0 Å². The highest BCUT2D eigenvalue weighted by Crippen LogP contribution is 2.52. The molecule has 0 aliphatic carbocycles. The Morgan fingerprint density at radius 1 is 0.794 bits per heavy atom. The molecular weight excluding hydrogens is 501 g/mol. The van der Waals surface area contributed by atoms with E-state index in [0.717, 1.165) is 6.92 Å². The summed E-state index contributed by atoms with van der Waals surface area (Å²) in [6.45, 7) is 3.31. The Balaban J connectivity index is 5.35. The van der Waals surface area contributed by atoms with Crippen LogP contribution in [-0.4, -0.2) is 55.0 Å². The Bertz CT molecular complexity index is 705. The number of esters is 2. The molecule has 4 nitrogen and oxygen atoms in total. The Labute approximate surface area is 188 Å². The van der Waals surface area contributed by atoms with E-state index in [0.29, 0.717) is 6.42 Å². The molecule has 0 aromatic rings. The number of alkyl halides is 11. The average molecular weight is 526 g/mol. The molecule has 0 aromatic carbocycles. The first-order valence-corrected chi connectivity index (χ1v) is 9.86. The van der Waals surface area contributed by atoms with Gasteiger partial charge in [-0.1, -0.05) is 20.8 Å². The number of carbonyl (C=O) groups excluding carboxylic acids is 2. The molecule has 0 bridgehead atoms. The van der Waals surface area contributed by atoms with Gasteiger partial charge in [-0.25, -0.2) is 0 Å². The summed E-state index contributed by atoms with van der Waals surface area (Å²) in [6.07, 6.45) is -11.4. The largest absolute Gasteiger partial charge is 0.466 e. The van der Waals surface area contributed by atoms with E-state index >= 15 is 0 Å². The summed E-state index contributed by atoms with van der Waals surface area (Å²) >= 11 is 0. The molecule has 0 radical (unpaired) electrons. The average Bonchev–Trinajstić information content (AvgIpc) is 2.63. The zero-order chi connectivity index (χ0) is 27.4. The molecule has 0 rings (SSSR count). The molecule has 0 aliphatic rings. The molecule has 0 amide bonds. The van der Waals surface area contributed by atoms with Gasteiger partial charge in [0, 0.05) is 0 Å². The first-order valence-electron chi connectivity index (χ1n) is 9.86. The third-order valence-electron chi connectivity index (χ3n) is 4.94. The summed E-state index contributed by atoms with van der Waals surface area (Å²) in [5.74, 6) is -28.0. The van der Waals surface area contributed by atoms with Crippen LogP contribution in [0.1, 0.15) is 53.4 Å². The summed E-state index contributed by atoms with van der Waals surface area (Å²) in [5.41, 5.74) is -1.87. The van der Waals surface area contributed by atoms with Crippen LogP contribution in [0.5, 0.6) is 0 Å². The molecule has 0 heterocycles. The fourth-order valence-corrected chi connectivity index (χ4v) is 2.28. The first kappa shape index (κ1) is 32.2. The lowest BCUT2D eigenvalue weighted by Gasteiger charge is -2.34. The van der Waals surface area contributed by atoms with Gasteiger partial charge in [-0.2, -0.15) is 48.3 Å². The summed E-state index contributed by atoms with van der Waals surface area (Å²) in [7, 11) is 0. The predicted octanol–water partition coefficient (Wildman–Crippen LogP) is 6.42. The minimum atomic E-state index is -7.03. The smallest absolute Gasteiger partial charge is 0.459 e. The second kappa shape index (κ2) is 10.8. The van der Waals surface area contributed by atoms with E-state index in [2.05, 4.69) is 4.74 Å². The van der Waals surface area contributed by atoms with Crippen molar-refractivity contribution < 1.29 is 67.4 Å². The van der Waals surface area contributed by atoms with E-state index in [-0.39, 0.29) is 18.9 Å². The maximum Gasteiger partial charge on any atom is 0.459 e. The molecular formula is C19H25F11O4. The van der Waals surface area contributed by atoms with Gasteiger partial charge in [0.05, 0.1) is 24.9 Å². The SMILES string of the molecule is CCC(C)(CC(=O)OCCC(C)C)C(=O)OCC(F)(F)C(F)(F)CC(F)(F)C(F)(F)C(F)(F)F. The monoisotopic (exact) mass is 526 g/mol.